The Kier molecular flexibility index (Phi) is 9.05. The predicted octanol–water partition coefficient (Wildman–Crippen LogP) is 2.36. The van der Waals surface area contributed by atoms with Crippen LogP contribution < -0.4 is 4.90 Å². The molecule has 0 spiro atoms. The number of aromatic nitrogens is 2. The number of aryl methyl sites for hydroxylation is 1. The highest BCUT2D eigenvalue weighted by molar-refractivity contribution is 14.1. The lowest BCUT2D eigenvalue weighted by atomic mass is 10.2. The maximum atomic E-state index is 14.9. The number of nitriles is 1. The van der Waals surface area contributed by atoms with Gasteiger partial charge in [-0.05, 0) is 12.5 Å². The van der Waals surface area contributed by atoms with Crippen LogP contribution in [0.3, 0.4) is 0 Å². The van der Waals surface area contributed by atoms with Crippen molar-refractivity contribution >= 4 is 59.3 Å². The van der Waals surface area contributed by atoms with E-state index in [0.717, 1.165) is 4.90 Å². The molecule has 2 rings (SSSR count). The van der Waals surface area contributed by atoms with Crippen molar-refractivity contribution in [2.75, 3.05) is 22.7 Å². The van der Waals surface area contributed by atoms with Crippen molar-refractivity contribution in [1.82, 2.24) is 9.55 Å². The number of esters is 1. The van der Waals surface area contributed by atoms with Gasteiger partial charge in [-0.1, -0.05) is 35.9 Å². The number of benzene rings is 1. The van der Waals surface area contributed by atoms with Crippen LogP contribution in [0.5, 0.6) is 0 Å². The Bertz CT molecular complexity index is 1110. The highest BCUT2D eigenvalue weighted by Gasteiger charge is 2.28. The molecule has 15 heteroatoms. The lowest BCUT2D eigenvalue weighted by molar-refractivity contribution is -0.146. The number of amides is 1. The summed E-state index contributed by atoms with van der Waals surface area (Å²) in [7, 11) is -4.92. The second-order valence-electron chi connectivity index (χ2n) is 6.31. The molecule has 1 aromatic heterocycles. The van der Waals surface area contributed by atoms with E-state index >= 15 is 0 Å². The molecule has 2 aromatic rings. The number of carbonyl (C=O) groups is 2. The van der Waals surface area contributed by atoms with Crippen molar-refractivity contribution in [1.29, 1.82) is 5.26 Å². The van der Waals surface area contributed by atoms with E-state index in [1.807, 2.05) is 6.92 Å². The van der Waals surface area contributed by atoms with Gasteiger partial charge < -0.3 is 19.1 Å². The van der Waals surface area contributed by atoms with E-state index in [2.05, 4.69) is 9.51 Å². The molecule has 1 aromatic carbocycles. The number of anilines is 1. The fourth-order valence-electron chi connectivity index (χ4n) is 2.66. The number of fused-ring (bicyclic) bond motifs is 1. The first-order valence-electron chi connectivity index (χ1n) is 9.04. The summed E-state index contributed by atoms with van der Waals surface area (Å²) in [6, 6.07) is 2.26. The van der Waals surface area contributed by atoms with Crippen molar-refractivity contribution in [2.24, 2.45) is 0 Å². The van der Waals surface area contributed by atoms with Crippen molar-refractivity contribution in [3.63, 3.8) is 0 Å². The second-order valence-corrected chi connectivity index (χ2v) is 8.31. The number of phosphoric acid groups is 1. The highest BCUT2D eigenvalue weighted by atomic mass is 127. The molecule has 0 aliphatic heterocycles. The average molecular weight is 586 g/mol. The predicted molar refractivity (Wildman–Crippen MR) is 115 cm³/mol. The molecule has 0 bridgehead atoms. The van der Waals surface area contributed by atoms with E-state index < -0.39 is 55.8 Å². The quantitative estimate of drug-likeness (QED) is 0.140. The number of unbranched alkanes of at least 4 members (excludes halogenated alkanes) is 1. The van der Waals surface area contributed by atoms with Gasteiger partial charge in [0.05, 0.1) is 9.99 Å². The third-order valence-corrected chi connectivity index (χ3v) is 5.22. The largest absolute Gasteiger partial charge is 0.470 e. The molecule has 0 aliphatic carbocycles. The minimum absolute atomic E-state index is 0.111. The van der Waals surface area contributed by atoms with E-state index in [-0.39, 0.29) is 22.4 Å². The molecule has 174 valence electrons. The van der Waals surface area contributed by atoms with Gasteiger partial charge in [0.15, 0.2) is 25.0 Å². The Balaban J connectivity index is 2.51. The Hall–Kier alpha value is -2.18. The molecule has 2 N–H and O–H groups in total. The van der Waals surface area contributed by atoms with Crippen LogP contribution in [0.2, 0.25) is 0 Å². The van der Waals surface area contributed by atoms with Gasteiger partial charge in [0.1, 0.15) is 17.1 Å². The fourth-order valence-corrected chi connectivity index (χ4v) is 3.35. The minimum atomic E-state index is -4.92. The second kappa shape index (κ2) is 11.1. The number of ether oxygens (including phenoxy) is 1. The summed E-state index contributed by atoms with van der Waals surface area (Å²) in [4.78, 5) is 46.5. The number of imidazole rings is 1. The summed E-state index contributed by atoms with van der Waals surface area (Å²) >= 11 is 1.74. The summed E-state index contributed by atoms with van der Waals surface area (Å²) < 4.78 is 50.1. The van der Waals surface area contributed by atoms with Crippen LogP contribution in [0.4, 0.5) is 14.7 Å². The van der Waals surface area contributed by atoms with Crippen LogP contribution in [0.1, 0.15) is 25.3 Å². The number of rotatable bonds is 10. The molecule has 0 saturated heterocycles. The first-order valence-corrected chi connectivity index (χ1v) is 12.1. The van der Waals surface area contributed by atoms with Crippen LogP contribution in [-0.4, -0.2) is 49.0 Å². The molecule has 0 atom stereocenters. The van der Waals surface area contributed by atoms with E-state index in [9.17, 15) is 22.9 Å². The smallest absolute Gasteiger partial charge is 0.442 e. The number of alkyl halides is 1. The van der Waals surface area contributed by atoms with Gasteiger partial charge in [0.2, 0.25) is 11.9 Å². The standard InChI is InChI=1S/C17H18F2IN4O7P/c1-2-3-4-23-16-14(19)10(7-21)5-11(18)15(16)22-17(23)24(12(25)6-20)9-30-13(26)8-31-32(27,28)29/h5H,2-4,6,8-9H2,1H3,(H2,27,28,29). The molecule has 11 nitrogen and oxygen atoms in total. The molecular formula is C17H18F2IN4O7P. The van der Waals surface area contributed by atoms with Crippen molar-refractivity contribution < 1.29 is 42.0 Å². The third kappa shape index (κ3) is 6.20. The molecular weight excluding hydrogens is 568 g/mol. The van der Waals surface area contributed by atoms with Crippen molar-refractivity contribution in [2.45, 2.75) is 26.3 Å². The molecule has 1 amide bonds. The SMILES string of the molecule is CCCCn1c(N(COC(=O)COP(=O)(O)O)C(=O)CI)nc2c(F)cc(C#N)c(F)c21. The first-order chi connectivity index (χ1) is 15.0. The van der Waals surface area contributed by atoms with E-state index in [1.165, 1.54) is 4.57 Å². The van der Waals surface area contributed by atoms with Gasteiger partial charge in [-0.2, -0.15) is 5.26 Å². The van der Waals surface area contributed by atoms with Gasteiger partial charge in [0, 0.05) is 6.54 Å². The van der Waals surface area contributed by atoms with Gasteiger partial charge in [0.25, 0.3) is 0 Å². The summed E-state index contributed by atoms with van der Waals surface area (Å²) in [5.74, 6) is -4.01. The normalized spacial score (nSPS) is 11.4. The topological polar surface area (TPSA) is 155 Å². The van der Waals surface area contributed by atoms with Gasteiger partial charge in [-0.15, -0.1) is 0 Å². The molecule has 0 unspecified atom stereocenters. The van der Waals surface area contributed by atoms with Crippen LogP contribution in [0, 0.1) is 23.0 Å². The maximum absolute atomic E-state index is 14.9. The Morgan fingerprint density at radius 3 is 2.66 bits per heavy atom. The summed E-state index contributed by atoms with van der Waals surface area (Å²) in [6.45, 7) is 0.132. The monoisotopic (exact) mass is 586 g/mol. The molecule has 32 heavy (non-hydrogen) atoms. The number of nitrogens with zero attached hydrogens (tertiary/aromatic N) is 4. The lowest BCUT2D eigenvalue weighted by Crippen LogP contribution is -2.37. The van der Waals surface area contributed by atoms with Gasteiger partial charge in [-0.25, -0.2) is 28.0 Å². The Morgan fingerprint density at radius 2 is 2.09 bits per heavy atom. The molecule has 0 saturated carbocycles. The van der Waals surface area contributed by atoms with E-state index in [0.29, 0.717) is 18.9 Å². The highest BCUT2D eigenvalue weighted by Crippen LogP contribution is 2.35. The number of hydrogen-bond acceptors (Lipinski definition) is 7. The zero-order valence-corrected chi connectivity index (χ0v) is 19.7. The van der Waals surface area contributed by atoms with E-state index in [1.54, 1.807) is 28.7 Å². The Labute approximate surface area is 194 Å². The van der Waals surface area contributed by atoms with Crippen LogP contribution in [0.15, 0.2) is 6.07 Å². The molecule has 1 heterocycles. The van der Waals surface area contributed by atoms with Crippen LogP contribution in [-0.2, 0) is 30.0 Å². The van der Waals surface area contributed by atoms with Crippen molar-refractivity contribution in [3.05, 3.63) is 23.3 Å². The van der Waals surface area contributed by atoms with E-state index in [4.69, 9.17) is 19.8 Å². The zero-order valence-electron chi connectivity index (χ0n) is 16.6. The first kappa shape index (κ1) is 26.1. The third-order valence-electron chi connectivity index (χ3n) is 4.11. The fraction of sp³-hybridized carbons (Fsp3) is 0.412. The number of carbonyl (C=O) groups excluding carboxylic acids is 2. The van der Waals surface area contributed by atoms with Crippen LogP contribution in [0.25, 0.3) is 11.0 Å². The summed E-state index contributed by atoms with van der Waals surface area (Å²) in [5.41, 5.74) is -1.26. The minimum Gasteiger partial charge on any atom is -0.442 e. The summed E-state index contributed by atoms with van der Waals surface area (Å²) in [5, 5.41) is 9.09. The molecule has 0 fully saturated rings. The number of halogens is 3. The lowest BCUT2D eigenvalue weighted by Gasteiger charge is -2.22. The van der Waals surface area contributed by atoms with Crippen LogP contribution >= 0.6 is 30.4 Å². The number of phosphoric ester groups is 1. The summed E-state index contributed by atoms with van der Waals surface area (Å²) in [6.07, 6.45) is 1.16. The van der Waals surface area contributed by atoms with Gasteiger partial charge >= 0.3 is 13.8 Å². The maximum Gasteiger partial charge on any atom is 0.470 e. The average Bonchev–Trinajstić information content (AvgIpc) is 3.12. The Morgan fingerprint density at radius 1 is 1.41 bits per heavy atom. The van der Waals surface area contributed by atoms with Gasteiger partial charge in [-0.3, -0.25) is 9.32 Å². The molecule has 0 radical (unpaired) electrons. The van der Waals surface area contributed by atoms with Crippen molar-refractivity contribution in [3.8, 4) is 6.07 Å². The zero-order chi connectivity index (χ0) is 24.1. The number of hydrogen-bond donors (Lipinski definition) is 2. The molecule has 0 aliphatic rings.